The molecule has 2 bridgehead atoms. The maximum atomic E-state index is 12.2. The number of benzene rings is 1. The van der Waals surface area contributed by atoms with E-state index in [4.69, 9.17) is 4.74 Å². The molecule has 1 aromatic heterocycles. The summed E-state index contributed by atoms with van der Waals surface area (Å²) < 4.78 is 7.03. The minimum Gasteiger partial charge on any atom is -0.494 e. The van der Waals surface area contributed by atoms with Crippen LogP contribution in [0.4, 0.5) is 0 Å². The van der Waals surface area contributed by atoms with Gasteiger partial charge in [-0.2, -0.15) is 0 Å². The van der Waals surface area contributed by atoms with Gasteiger partial charge in [-0.3, -0.25) is 19.1 Å². The summed E-state index contributed by atoms with van der Waals surface area (Å²) in [5.74, 6) is -0.880. The second-order valence-electron chi connectivity index (χ2n) is 6.40. The van der Waals surface area contributed by atoms with Gasteiger partial charge in [0.15, 0.2) is 0 Å². The van der Waals surface area contributed by atoms with Crippen LogP contribution in [-0.4, -0.2) is 38.5 Å². The SMILES string of the molecule is CN1C(=O)c2ccc(-n3c(O)c4c(c3O)[C@H]3CC[C@@H]4O3)cc2C1=O. The first-order chi connectivity index (χ1) is 11.5. The summed E-state index contributed by atoms with van der Waals surface area (Å²) >= 11 is 0. The third kappa shape index (κ3) is 1.41. The van der Waals surface area contributed by atoms with Gasteiger partial charge >= 0.3 is 0 Å². The van der Waals surface area contributed by atoms with Crippen molar-refractivity contribution in [1.29, 1.82) is 0 Å². The van der Waals surface area contributed by atoms with Crippen LogP contribution in [-0.2, 0) is 4.74 Å². The predicted molar refractivity (Wildman–Crippen MR) is 81.3 cm³/mol. The topological polar surface area (TPSA) is 92.0 Å². The van der Waals surface area contributed by atoms with Crippen molar-refractivity contribution in [3.63, 3.8) is 0 Å². The maximum absolute atomic E-state index is 12.2. The number of nitrogens with zero attached hydrogens (tertiary/aromatic N) is 2. The highest BCUT2D eigenvalue weighted by Gasteiger charge is 2.45. The number of rotatable bonds is 1. The lowest BCUT2D eigenvalue weighted by Crippen LogP contribution is -2.24. The summed E-state index contributed by atoms with van der Waals surface area (Å²) in [5, 5.41) is 21.2. The van der Waals surface area contributed by atoms with Crippen LogP contribution < -0.4 is 0 Å². The quantitative estimate of drug-likeness (QED) is 0.782. The molecule has 7 nitrogen and oxygen atoms in total. The smallest absolute Gasteiger partial charge is 0.261 e. The number of hydrogen-bond donors (Lipinski definition) is 2. The number of amides is 2. The number of aromatic nitrogens is 1. The minimum atomic E-state index is -0.390. The van der Waals surface area contributed by atoms with Crippen molar-refractivity contribution in [1.82, 2.24) is 9.47 Å². The van der Waals surface area contributed by atoms with Gasteiger partial charge in [0.05, 0.1) is 40.1 Å². The summed E-state index contributed by atoms with van der Waals surface area (Å²) in [6, 6.07) is 4.68. The lowest BCUT2D eigenvalue weighted by atomic mass is 9.95. The molecule has 0 radical (unpaired) electrons. The standard InChI is InChI=1S/C17H14N2O5/c1-18-14(20)8-3-2-7(6-9(8)15(18)21)19-16(22)12-10-4-5-11(24-10)13(12)17(19)23/h2-3,6,10-11,22-23H,4-5H2,1H3/t10-,11+. The number of hydrogen-bond acceptors (Lipinski definition) is 5. The van der Waals surface area contributed by atoms with Crippen LogP contribution in [0.2, 0.25) is 0 Å². The zero-order valence-corrected chi connectivity index (χ0v) is 12.8. The molecule has 2 amide bonds. The number of imide groups is 1. The van der Waals surface area contributed by atoms with Crippen LogP contribution in [0.25, 0.3) is 5.69 Å². The average Bonchev–Trinajstić information content (AvgIpc) is 3.30. The Labute approximate surface area is 136 Å². The van der Waals surface area contributed by atoms with Gasteiger partial charge in [-0.25, -0.2) is 0 Å². The number of carbonyl (C=O) groups is 2. The average molecular weight is 326 g/mol. The Hall–Kier alpha value is -2.80. The first-order valence-corrected chi connectivity index (χ1v) is 7.77. The summed E-state index contributed by atoms with van der Waals surface area (Å²) in [4.78, 5) is 25.2. The number of fused-ring (bicyclic) bond motifs is 6. The lowest BCUT2D eigenvalue weighted by Gasteiger charge is -2.11. The molecule has 1 fully saturated rings. The molecule has 0 unspecified atom stereocenters. The molecule has 0 aliphatic carbocycles. The molecule has 0 spiro atoms. The van der Waals surface area contributed by atoms with E-state index in [0.717, 1.165) is 17.7 Å². The molecule has 24 heavy (non-hydrogen) atoms. The number of ether oxygens (including phenoxy) is 1. The van der Waals surface area contributed by atoms with Crippen LogP contribution in [0.15, 0.2) is 18.2 Å². The molecule has 2 aromatic rings. The Balaban J connectivity index is 1.70. The van der Waals surface area contributed by atoms with E-state index in [2.05, 4.69) is 0 Å². The van der Waals surface area contributed by atoms with Crippen molar-refractivity contribution in [2.24, 2.45) is 0 Å². The molecule has 7 heteroatoms. The summed E-state index contributed by atoms with van der Waals surface area (Å²) in [7, 11) is 1.43. The van der Waals surface area contributed by atoms with Gasteiger partial charge in [0, 0.05) is 7.05 Å². The van der Waals surface area contributed by atoms with Gasteiger partial charge in [0.25, 0.3) is 11.8 Å². The molecule has 4 heterocycles. The Morgan fingerprint density at radius 3 is 2.21 bits per heavy atom. The van der Waals surface area contributed by atoms with E-state index in [0.29, 0.717) is 22.4 Å². The van der Waals surface area contributed by atoms with Gasteiger partial charge in [-0.05, 0) is 31.0 Å². The largest absolute Gasteiger partial charge is 0.494 e. The highest BCUT2D eigenvalue weighted by atomic mass is 16.5. The Bertz CT molecular complexity index is 911. The van der Waals surface area contributed by atoms with Gasteiger partial charge in [0.1, 0.15) is 0 Å². The summed E-state index contributed by atoms with van der Waals surface area (Å²) in [6.07, 6.45) is 1.25. The second-order valence-corrected chi connectivity index (χ2v) is 6.40. The molecular formula is C17H14N2O5. The van der Waals surface area contributed by atoms with Gasteiger partial charge in [0.2, 0.25) is 11.8 Å². The lowest BCUT2D eigenvalue weighted by molar-refractivity contribution is 0.0679. The van der Waals surface area contributed by atoms with E-state index in [9.17, 15) is 19.8 Å². The van der Waals surface area contributed by atoms with E-state index >= 15 is 0 Å². The molecule has 1 aromatic carbocycles. The highest BCUT2D eigenvalue weighted by molar-refractivity contribution is 6.21. The number of carbonyl (C=O) groups excluding carboxylic acids is 2. The predicted octanol–water partition coefficient (Wildman–Crippen LogP) is 2.02. The summed E-state index contributed by atoms with van der Waals surface area (Å²) in [5.41, 5.74) is 2.29. The third-order valence-electron chi connectivity index (χ3n) is 5.19. The Kier molecular flexibility index (Phi) is 2.37. The monoisotopic (exact) mass is 326 g/mol. The van der Waals surface area contributed by atoms with E-state index in [1.807, 2.05) is 0 Å². The fourth-order valence-electron chi connectivity index (χ4n) is 4.01. The second kappa shape index (κ2) is 4.18. The van der Waals surface area contributed by atoms with Gasteiger partial charge < -0.3 is 14.9 Å². The molecule has 0 saturated carbocycles. The van der Waals surface area contributed by atoms with Crippen LogP contribution in [0.5, 0.6) is 11.8 Å². The first kappa shape index (κ1) is 13.6. The molecular weight excluding hydrogens is 312 g/mol. The molecule has 122 valence electrons. The Morgan fingerprint density at radius 1 is 1.00 bits per heavy atom. The van der Waals surface area contributed by atoms with Gasteiger partial charge in [-0.1, -0.05) is 0 Å². The van der Waals surface area contributed by atoms with Crippen LogP contribution >= 0.6 is 0 Å². The van der Waals surface area contributed by atoms with Crippen molar-refractivity contribution in [3.05, 3.63) is 40.5 Å². The molecule has 5 rings (SSSR count). The van der Waals surface area contributed by atoms with E-state index < -0.39 is 0 Å². The minimum absolute atomic E-state index is 0.0697. The molecule has 1 saturated heterocycles. The van der Waals surface area contributed by atoms with E-state index in [-0.39, 0.29) is 41.3 Å². The zero-order chi connectivity index (χ0) is 16.7. The van der Waals surface area contributed by atoms with Crippen LogP contribution in [0.3, 0.4) is 0 Å². The number of aromatic hydroxyl groups is 2. The molecule has 3 aliphatic heterocycles. The first-order valence-electron chi connectivity index (χ1n) is 7.77. The molecule has 3 aliphatic rings. The van der Waals surface area contributed by atoms with E-state index in [1.165, 1.54) is 17.7 Å². The van der Waals surface area contributed by atoms with Crippen LogP contribution in [0.1, 0.15) is 56.9 Å². The van der Waals surface area contributed by atoms with E-state index in [1.54, 1.807) is 12.1 Å². The highest BCUT2D eigenvalue weighted by Crippen LogP contribution is 2.58. The summed E-state index contributed by atoms with van der Waals surface area (Å²) in [6.45, 7) is 0. The van der Waals surface area contributed by atoms with Crippen molar-refractivity contribution >= 4 is 11.8 Å². The Morgan fingerprint density at radius 2 is 1.58 bits per heavy atom. The van der Waals surface area contributed by atoms with Gasteiger partial charge in [-0.15, -0.1) is 0 Å². The van der Waals surface area contributed by atoms with Crippen molar-refractivity contribution in [2.45, 2.75) is 25.0 Å². The molecule has 2 N–H and O–H groups in total. The molecule has 2 atom stereocenters. The van der Waals surface area contributed by atoms with Crippen molar-refractivity contribution in [3.8, 4) is 17.4 Å². The fourth-order valence-corrected chi connectivity index (χ4v) is 4.01. The van der Waals surface area contributed by atoms with Crippen LogP contribution in [0, 0.1) is 0 Å². The maximum Gasteiger partial charge on any atom is 0.261 e. The fraction of sp³-hybridized carbons (Fsp3) is 0.294. The van der Waals surface area contributed by atoms with Crippen molar-refractivity contribution < 1.29 is 24.5 Å². The normalized spacial score (nSPS) is 24.0. The van der Waals surface area contributed by atoms with Crippen molar-refractivity contribution in [2.75, 3.05) is 7.05 Å². The third-order valence-corrected chi connectivity index (χ3v) is 5.19. The zero-order valence-electron chi connectivity index (χ0n) is 12.8.